The van der Waals surface area contributed by atoms with Crippen molar-refractivity contribution in [3.8, 4) is 0 Å². The first kappa shape index (κ1) is 17.7. The summed E-state index contributed by atoms with van der Waals surface area (Å²) < 4.78 is 26.9. The number of nitrogens with one attached hydrogen (secondary N) is 2. The van der Waals surface area contributed by atoms with Gasteiger partial charge in [-0.25, -0.2) is 13.1 Å². The molecule has 2 N–H and O–H groups in total. The van der Waals surface area contributed by atoms with Crippen molar-refractivity contribution >= 4 is 33.0 Å². The lowest BCUT2D eigenvalue weighted by Gasteiger charge is -2.10. The van der Waals surface area contributed by atoms with Crippen LogP contribution in [0.15, 0.2) is 40.6 Å². The van der Waals surface area contributed by atoms with Gasteiger partial charge in [-0.05, 0) is 36.6 Å². The summed E-state index contributed by atoms with van der Waals surface area (Å²) >= 11 is 1.22. The fourth-order valence-corrected chi connectivity index (χ4v) is 4.39. The molecule has 0 bridgehead atoms. The standard InChI is InChI=1S/C16H20N2O3S2/c1-3-12-7-5-6-8-14(12)18-15(19)11-17-23(20,21)16-10-9-13(4-2)22-16/h5-10,17H,3-4,11H2,1-2H3,(H,18,19). The zero-order chi connectivity index (χ0) is 16.9. The molecule has 1 amide bonds. The van der Waals surface area contributed by atoms with Gasteiger partial charge < -0.3 is 5.32 Å². The lowest BCUT2D eigenvalue weighted by atomic mass is 10.1. The zero-order valence-corrected chi connectivity index (χ0v) is 14.8. The third-order valence-electron chi connectivity index (χ3n) is 3.35. The topological polar surface area (TPSA) is 75.3 Å². The van der Waals surface area contributed by atoms with Gasteiger partial charge in [-0.3, -0.25) is 4.79 Å². The second kappa shape index (κ2) is 7.72. The van der Waals surface area contributed by atoms with E-state index in [1.807, 2.05) is 32.0 Å². The van der Waals surface area contributed by atoms with Gasteiger partial charge in [0.15, 0.2) is 0 Å². The Bertz CT molecular complexity index is 782. The van der Waals surface area contributed by atoms with Crippen molar-refractivity contribution in [3.63, 3.8) is 0 Å². The normalized spacial score (nSPS) is 11.4. The molecule has 0 spiro atoms. The van der Waals surface area contributed by atoms with Crippen LogP contribution in [0.2, 0.25) is 0 Å². The van der Waals surface area contributed by atoms with Crippen molar-refractivity contribution in [2.45, 2.75) is 30.9 Å². The van der Waals surface area contributed by atoms with Gasteiger partial charge in [0.25, 0.3) is 10.0 Å². The smallest absolute Gasteiger partial charge is 0.250 e. The maximum absolute atomic E-state index is 12.2. The molecular formula is C16H20N2O3S2. The van der Waals surface area contributed by atoms with E-state index in [1.165, 1.54) is 11.3 Å². The minimum atomic E-state index is -3.64. The summed E-state index contributed by atoms with van der Waals surface area (Å²) in [6.07, 6.45) is 1.58. The summed E-state index contributed by atoms with van der Waals surface area (Å²) in [7, 11) is -3.64. The van der Waals surface area contributed by atoms with Crippen LogP contribution in [-0.2, 0) is 27.7 Å². The van der Waals surface area contributed by atoms with E-state index in [2.05, 4.69) is 10.0 Å². The first-order valence-corrected chi connectivity index (χ1v) is 9.72. The van der Waals surface area contributed by atoms with Gasteiger partial charge in [0.05, 0.1) is 6.54 Å². The van der Waals surface area contributed by atoms with Crippen LogP contribution in [0.1, 0.15) is 24.3 Å². The van der Waals surface area contributed by atoms with E-state index in [-0.39, 0.29) is 16.7 Å². The number of rotatable bonds is 7. The Morgan fingerprint density at radius 3 is 2.48 bits per heavy atom. The van der Waals surface area contributed by atoms with E-state index in [0.717, 1.165) is 23.3 Å². The Hall–Kier alpha value is -1.70. The van der Waals surface area contributed by atoms with Gasteiger partial charge in [0.1, 0.15) is 4.21 Å². The van der Waals surface area contributed by atoms with Crippen LogP contribution in [0.25, 0.3) is 0 Å². The second-order valence-electron chi connectivity index (χ2n) is 4.96. The summed E-state index contributed by atoms with van der Waals surface area (Å²) in [6.45, 7) is 3.67. The quantitative estimate of drug-likeness (QED) is 0.804. The van der Waals surface area contributed by atoms with Gasteiger partial charge in [0, 0.05) is 10.6 Å². The number of thiophene rings is 1. The number of sulfonamides is 1. The molecule has 0 unspecified atom stereocenters. The predicted molar refractivity (Wildman–Crippen MR) is 93.3 cm³/mol. The van der Waals surface area contributed by atoms with Crippen LogP contribution in [0.3, 0.4) is 0 Å². The van der Waals surface area contributed by atoms with Gasteiger partial charge in [-0.2, -0.15) is 0 Å². The Labute approximate surface area is 140 Å². The number of para-hydroxylation sites is 1. The molecule has 1 aromatic heterocycles. The van der Waals surface area contributed by atoms with Crippen molar-refractivity contribution in [1.29, 1.82) is 0 Å². The van der Waals surface area contributed by atoms with E-state index in [4.69, 9.17) is 0 Å². The molecule has 5 nitrogen and oxygen atoms in total. The van der Waals surface area contributed by atoms with Crippen LogP contribution in [0.5, 0.6) is 0 Å². The fourth-order valence-electron chi connectivity index (χ4n) is 2.07. The predicted octanol–water partition coefficient (Wildman–Crippen LogP) is 2.79. The van der Waals surface area contributed by atoms with Gasteiger partial charge in [-0.15, -0.1) is 11.3 Å². The molecule has 1 aromatic carbocycles. The number of aryl methyl sites for hydroxylation is 2. The molecule has 0 aliphatic carbocycles. The summed E-state index contributed by atoms with van der Waals surface area (Å²) in [5.74, 6) is -0.387. The minimum Gasteiger partial charge on any atom is -0.325 e. The highest BCUT2D eigenvalue weighted by atomic mass is 32.2. The Morgan fingerprint density at radius 1 is 1.09 bits per heavy atom. The van der Waals surface area contributed by atoms with Crippen molar-refractivity contribution in [2.24, 2.45) is 0 Å². The number of anilines is 1. The first-order valence-electron chi connectivity index (χ1n) is 7.42. The molecule has 2 rings (SSSR count). The molecule has 7 heteroatoms. The highest BCUT2D eigenvalue weighted by molar-refractivity contribution is 7.91. The number of hydrogen-bond donors (Lipinski definition) is 2. The molecule has 2 aromatic rings. The highest BCUT2D eigenvalue weighted by Crippen LogP contribution is 2.21. The first-order chi connectivity index (χ1) is 11.0. The molecule has 0 fully saturated rings. The molecule has 0 aliphatic heterocycles. The van der Waals surface area contributed by atoms with E-state index >= 15 is 0 Å². The number of carbonyl (C=O) groups excluding carboxylic acids is 1. The van der Waals surface area contributed by atoms with Crippen molar-refractivity contribution < 1.29 is 13.2 Å². The van der Waals surface area contributed by atoms with E-state index in [9.17, 15) is 13.2 Å². The van der Waals surface area contributed by atoms with Crippen LogP contribution < -0.4 is 10.0 Å². The summed E-state index contributed by atoms with van der Waals surface area (Å²) in [5.41, 5.74) is 1.72. The van der Waals surface area contributed by atoms with Gasteiger partial charge in [-0.1, -0.05) is 32.0 Å². The molecular weight excluding hydrogens is 332 g/mol. The van der Waals surface area contributed by atoms with Gasteiger partial charge >= 0.3 is 0 Å². The molecule has 0 saturated carbocycles. The van der Waals surface area contributed by atoms with Crippen LogP contribution in [-0.4, -0.2) is 20.9 Å². The molecule has 0 aliphatic rings. The molecule has 0 radical (unpaired) electrons. The Kier molecular flexibility index (Phi) is 5.92. The summed E-state index contributed by atoms with van der Waals surface area (Å²) in [6, 6.07) is 10.8. The number of carbonyl (C=O) groups is 1. The number of benzene rings is 1. The Morgan fingerprint density at radius 2 is 1.83 bits per heavy atom. The lowest BCUT2D eigenvalue weighted by Crippen LogP contribution is -2.32. The maximum Gasteiger partial charge on any atom is 0.250 e. The monoisotopic (exact) mass is 352 g/mol. The second-order valence-corrected chi connectivity index (χ2v) is 8.12. The molecule has 1 heterocycles. The third kappa shape index (κ3) is 4.63. The van der Waals surface area contributed by atoms with Crippen LogP contribution in [0.4, 0.5) is 5.69 Å². The average molecular weight is 352 g/mol. The van der Waals surface area contributed by atoms with Crippen molar-refractivity contribution in [3.05, 3.63) is 46.8 Å². The fraction of sp³-hybridized carbons (Fsp3) is 0.312. The van der Waals surface area contributed by atoms with Crippen LogP contribution >= 0.6 is 11.3 Å². The number of hydrogen-bond acceptors (Lipinski definition) is 4. The zero-order valence-electron chi connectivity index (χ0n) is 13.1. The Balaban J connectivity index is 1.98. The minimum absolute atomic E-state index is 0.233. The third-order valence-corrected chi connectivity index (χ3v) is 6.47. The van der Waals surface area contributed by atoms with Crippen molar-refractivity contribution in [2.75, 3.05) is 11.9 Å². The molecule has 0 atom stereocenters. The molecule has 0 saturated heterocycles. The summed E-state index contributed by atoms with van der Waals surface area (Å²) in [4.78, 5) is 13.0. The van der Waals surface area contributed by atoms with Crippen molar-refractivity contribution in [1.82, 2.24) is 4.72 Å². The van der Waals surface area contributed by atoms with E-state index in [0.29, 0.717) is 5.69 Å². The summed E-state index contributed by atoms with van der Waals surface area (Å²) in [5, 5.41) is 2.74. The van der Waals surface area contributed by atoms with Gasteiger partial charge in [0.2, 0.25) is 5.91 Å². The number of amides is 1. The maximum atomic E-state index is 12.2. The molecule has 124 valence electrons. The largest absolute Gasteiger partial charge is 0.325 e. The lowest BCUT2D eigenvalue weighted by molar-refractivity contribution is -0.115. The van der Waals surface area contributed by atoms with E-state index < -0.39 is 10.0 Å². The van der Waals surface area contributed by atoms with Crippen LogP contribution in [0, 0.1) is 0 Å². The molecule has 23 heavy (non-hydrogen) atoms. The average Bonchev–Trinajstić information content (AvgIpc) is 3.03. The van der Waals surface area contributed by atoms with E-state index in [1.54, 1.807) is 18.2 Å². The highest BCUT2D eigenvalue weighted by Gasteiger charge is 2.18. The SMILES string of the molecule is CCc1ccc(S(=O)(=O)NCC(=O)Nc2ccccc2CC)s1.